The number of nitrogens with one attached hydrogen (secondary N) is 1. The van der Waals surface area contributed by atoms with Crippen LogP contribution in [0.1, 0.15) is 38.6 Å². The smallest absolute Gasteiger partial charge is 0.261 e. The van der Waals surface area contributed by atoms with Gasteiger partial charge in [0.15, 0.2) is 0 Å². The molecule has 1 atom stereocenters. The van der Waals surface area contributed by atoms with Crippen molar-refractivity contribution >= 4 is 17.2 Å². The maximum absolute atomic E-state index is 12.3. The van der Waals surface area contributed by atoms with Crippen LogP contribution in [0.15, 0.2) is 30.6 Å². The first-order chi connectivity index (χ1) is 10.1. The summed E-state index contributed by atoms with van der Waals surface area (Å²) in [5.41, 5.74) is 1.95. The molecule has 2 N–H and O–H groups in total. The predicted molar refractivity (Wildman–Crippen MR) is 83.1 cm³/mol. The van der Waals surface area contributed by atoms with Gasteiger partial charge in [0.05, 0.1) is 15.8 Å². The summed E-state index contributed by atoms with van der Waals surface area (Å²) in [5.74, 6) is 5.33. The summed E-state index contributed by atoms with van der Waals surface area (Å²) in [5, 5.41) is 11.7. The second-order valence-corrected chi connectivity index (χ2v) is 5.61. The first-order valence-electron chi connectivity index (χ1n) is 6.52. The molecule has 1 amide bonds. The third-order valence-electron chi connectivity index (χ3n) is 2.98. The zero-order valence-electron chi connectivity index (χ0n) is 11.9. The molecule has 0 bridgehead atoms. The van der Waals surface area contributed by atoms with Gasteiger partial charge in [-0.05, 0) is 43.2 Å². The van der Waals surface area contributed by atoms with E-state index in [9.17, 15) is 4.79 Å². The van der Waals surface area contributed by atoms with Crippen LogP contribution in [-0.4, -0.2) is 22.6 Å². The van der Waals surface area contributed by atoms with Gasteiger partial charge in [-0.25, -0.2) is 0 Å². The number of hydrogen-bond acceptors (Lipinski definition) is 4. The molecule has 2 rings (SSSR count). The molecule has 2 aromatic heterocycles. The molecule has 0 aromatic carbocycles. The number of pyridine rings is 1. The summed E-state index contributed by atoms with van der Waals surface area (Å²) in [6.07, 6.45) is 3.41. The number of amides is 1. The van der Waals surface area contributed by atoms with Crippen molar-refractivity contribution in [3.8, 4) is 11.8 Å². The van der Waals surface area contributed by atoms with Gasteiger partial charge in [-0.1, -0.05) is 11.8 Å². The largest absolute Gasteiger partial charge is 0.384 e. The van der Waals surface area contributed by atoms with E-state index in [4.69, 9.17) is 5.11 Å². The molecular weight excluding hydrogens is 284 g/mol. The van der Waals surface area contributed by atoms with Crippen LogP contribution in [0.4, 0.5) is 0 Å². The predicted octanol–water partition coefficient (Wildman–Crippen LogP) is 2.29. The van der Waals surface area contributed by atoms with Crippen molar-refractivity contribution in [1.29, 1.82) is 0 Å². The zero-order valence-corrected chi connectivity index (χ0v) is 12.7. The molecule has 2 heterocycles. The highest BCUT2D eigenvalue weighted by molar-refractivity contribution is 7.14. The third-order valence-corrected chi connectivity index (χ3v) is 4.13. The third kappa shape index (κ3) is 3.91. The Kier molecular flexibility index (Phi) is 5.09. The van der Waals surface area contributed by atoms with Gasteiger partial charge < -0.3 is 10.4 Å². The Morgan fingerprint density at radius 2 is 2.19 bits per heavy atom. The maximum Gasteiger partial charge on any atom is 0.261 e. The van der Waals surface area contributed by atoms with Gasteiger partial charge >= 0.3 is 0 Å². The minimum Gasteiger partial charge on any atom is -0.384 e. The van der Waals surface area contributed by atoms with E-state index in [-0.39, 0.29) is 18.6 Å². The van der Waals surface area contributed by atoms with Gasteiger partial charge in [-0.3, -0.25) is 9.78 Å². The number of carbonyl (C=O) groups excluding carboxylic acids is 1. The van der Waals surface area contributed by atoms with Crippen LogP contribution < -0.4 is 5.32 Å². The fraction of sp³-hybridized carbons (Fsp3) is 0.250. The molecule has 5 heteroatoms. The molecule has 0 aliphatic carbocycles. The monoisotopic (exact) mass is 300 g/mol. The van der Waals surface area contributed by atoms with E-state index >= 15 is 0 Å². The van der Waals surface area contributed by atoms with Crippen LogP contribution in [0.3, 0.4) is 0 Å². The number of aromatic nitrogens is 1. The van der Waals surface area contributed by atoms with Crippen molar-refractivity contribution in [2.75, 3.05) is 6.61 Å². The lowest BCUT2D eigenvalue weighted by Crippen LogP contribution is -2.25. The van der Waals surface area contributed by atoms with Crippen LogP contribution in [0.5, 0.6) is 0 Å². The molecule has 0 radical (unpaired) electrons. The average molecular weight is 300 g/mol. The van der Waals surface area contributed by atoms with Crippen molar-refractivity contribution in [2.24, 2.45) is 0 Å². The van der Waals surface area contributed by atoms with Crippen molar-refractivity contribution in [1.82, 2.24) is 10.3 Å². The maximum atomic E-state index is 12.3. The summed E-state index contributed by atoms with van der Waals surface area (Å²) in [6.45, 7) is 3.65. The van der Waals surface area contributed by atoms with E-state index in [0.29, 0.717) is 4.88 Å². The van der Waals surface area contributed by atoms with Gasteiger partial charge in [-0.15, -0.1) is 11.3 Å². The topological polar surface area (TPSA) is 62.2 Å². The van der Waals surface area contributed by atoms with Crippen molar-refractivity contribution in [3.05, 3.63) is 51.5 Å². The number of rotatable bonds is 3. The Morgan fingerprint density at radius 1 is 1.48 bits per heavy atom. The number of aliphatic hydroxyl groups excluding tert-OH is 1. The second kappa shape index (κ2) is 7.02. The minimum absolute atomic E-state index is 0.0881. The number of nitrogens with zero attached hydrogens (tertiary/aromatic N) is 1. The molecule has 1 unspecified atom stereocenters. The van der Waals surface area contributed by atoms with E-state index in [1.165, 1.54) is 11.3 Å². The summed E-state index contributed by atoms with van der Waals surface area (Å²) >= 11 is 1.34. The Hall–Kier alpha value is -2.16. The van der Waals surface area contributed by atoms with Gasteiger partial charge in [0.2, 0.25) is 0 Å². The van der Waals surface area contributed by atoms with Crippen molar-refractivity contribution < 1.29 is 9.90 Å². The second-order valence-electron chi connectivity index (χ2n) is 4.56. The highest BCUT2D eigenvalue weighted by Gasteiger charge is 2.14. The molecule has 4 nitrogen and oxygen atoms in total. The Morgan fingerprint density at radius 3 is 2.86 bits per heavy atom. The number of aryl methyl sites for hydroxylation is 1. The van der Waals surface area contributed by atoms with Gasteiger partial charge in [-0.2, -0.15) is 0 Å². The average Bonchev–Trinajstić information content (AvgIpc) is 2.87. The molecule has 0 saturated heterocycles. The molecule has 0 spiro atoms. The summed E-state index contributed by atoms with van der Waals surface area (Å²) in [6, 6.07) is 5.49. The highest BCUT2D eigenvalue weighted by atomic mass is 32.1. The van der Waals surface area contributed by atoms with Crippen LogP contribution >= 0.6 is 11.3 Å². The number of aliphatic hydroxyl groups is 1. The fourth-order valence-electron chi connectivity index (χ4n) is 1.84. The van der Waals surface area contributed by atoms with Gasteiger partial charge in [0, 0.05) is 12.4 Å². The molecule has 0 aliphatic heterocycles. The SMILES string of the molecule is Cc1cc(C(=O)NC(C)c2ccncc2)sc1C#CCO. The molecule has 108 valence electrons. The Bertz CT molecular complexity index is 683. The van der Waals surface area contributed by atoms with Crippen molar-refractivity contribution in [2.45, 2.75) is 19.9 Å². The molecular formula is C16H16N2O2S. The van der Waals surface area contributed by atoms with E-state index in [1.54, 1.807) is 12.4 Å². The van der Waals surface area contributed by atoms with Gasteiger partial charge in [0.25, 0.3) is 5.91 Å². The first-order valence-corrected chi connectivity index (χ1v) is 7.34. The van der Waals surface area contributed by atoms with Crippen LogP contribution in [0, 0.1) is 18.8 Å². The lowest BCUT2D eigenvalue weighted by atomic mass is 10.1. The molecule has 21 heavy (non-hydrogen) atoms. The van der Waals surface area contributed by atoms with Crippen molar-refractivity contribution in [3.63, 3.8) is 0 Å². The molecule has 0 fully saturated rings. The fourth-order valence-corrected chi connectivity index (χ4v) is 2.79. The number of carbonyl (C=O) groups is 1. The summed E-state index contributed by atoms with van der Waals surface area (Å²) < 4.78 is 0. The van der Waals surface area contributed by atoms with E-state index in [2.05, 4.69) is 22.1 Å². The Labute approximate surface area is 127 Å². The molecule has 0 aliphatic rings. The quantitative estimate of drug-likeness (QED) is 0.855. The van der Waals surface area contributed by atoms with E-state index < -0.39 is 0 Å². The standard InChI is InChI=1S/C16H16N2O2S/c1-11-10-15(21-14(11)4-3-9-19)16(20)18-12(2)13-5-7-17-8-6-13/h5-8,10,12,19H,9H2,1-2H3,(H,18,20). The summed E-state index contributed by atoms with van der Waals surface area (Å²) in [4.78, 5) is 17.6. The first kappa shape index (κ1) is 15.2. The number of thiophene rings is 1. The lowest BCUT2D eigenvalue weighted by molar-refractivity contribution is 0.0944. The molecule has 2 aromatic rings. The van der Waals surface area contributed by atoms with Crippen LogP contribution in [0.2, 0.25) is 0 Å². The number of hydrogen-bond donors (Lipinski definition) is 2. The van der Waals surface area contributed by atoms with Crippen LogP contribution in [-0.2, 0) is 0 Å². The van der Waals surface area contributed by atoms with E-state index in [0.717, 1.165) is 16.0 Å². The zero-order chi connectivity index (χ0) is 15.2. The molecule has 0 saturated carbocycles. The summed E-state index contributed by atoms with van der Waals surface area (Å²) in [7, 11) is 0. The Balaban J connectivity index is 2.10. The van der Waals surface area contributed by atoms with E-state index in [1.807, 2.05) is 32.0 Å². The highest BCUT2D eigenvalue weighted by Crippen LogP contribution is 2.22. The van der Waals surface area contributed by atoms with Crippen LogP contribution in [0.25, 0.3) is 0 Å². The minimum atomic E-state index is -0.183. The van der Waals surface area contributed by atoms with Gasteiger partial charge in [0.1, 0.15) is 6.61 Å². The lowest BCUT2D eigenvalue weighted by Gasteiger charge is -2.13. The normalized spacial score (nSPS) is 11.4.